The molecule has 8 nitrogen and oxygen atoms in total. The van der Waals surface area contributed by atoms with E-state index in [1.165, 1.54) is 12.0 Å². The molecule has 0 unspecified atom stereocenters. The van der Waals surface area contributed by atoms with Crippen molar-refractivity contribution in [2.45, 2.75) is 18.0 Å². The number of methoxy groups -OCH3 is 1. The minimum atomic E-state index is -4.72. The first-order chi connectivity index (χ1) is 15.0. The van der Waals surface area contributed by atoms with Crippen LogP contribution in [0.2, 0.25) is 0 Å². The first-order valence-corrected chi connectivity index (χ1v) is 10.2. The Bertz CT molecular complexity index is 1000. The molecule has 2 aromatic carbocycles. The van der Waals surface area contributed by atoms with Crippen molar-refractivity contribution in [3.63, 3.8) is 0 Å². The van der Waals surface area contributed by atoms with Gasteiger partial charge in [0.15, 0.2) is 0 Å². The number of hydrogen-bond acceptors (Lipinski definition) is 6. The molecule has 0 saturated heterocycles. The number of anilines is 1. The number of thioether (sulfide) groups is 1. The number of likely N-dealkylation sites (N-methyl/N-ethyl adjacent to an activating group) is 1. The first kappa shape index (κ1) is 25.0. The van der Waals surface area contributed by atoms with Crippen molar-refractivity contribution < 1.29 is 32.4 Å². The summed E-state index contributed by atoms with van der Waals surface area (Å²) in [5, 5.41) is 13.8. The summed E-state index contributed by atoms with van der Waals surface area (Å²) in [4.78, 5) is 36.2. The maximum Gasteiger partial charge on any atom is 0.416 e. The van der Waals surface area contributed by atoms with Gasteiger partial charge in [0.1, 0.15) is 5.75 Å². The Morgan fingerprint density at radius 2 is 1.94 bits per heavy atom. The fraction of sp³-hybridized carbons (Fsp3) is 0.300. The van der Waals surface area contributed by atoms with Gasteiger partial charge in [0.2, 0.25) is 11.8 Å². The van der Waals surface area contributed by atoms with E-state index in [2.05, 4.69) is 5.32 Å². The van der Waals surface area contributed by atoms with Crippen LogP contribution in [0, 0.1) is 10.1 Å². The Kier molecular flexibility index (Phi) is 8.47. The van der Waals surface area contributed by atoms with Crippen molar-refractivity contribution in [1.29, 1.82) is 0 Å². The second-order valence-corrected chi connectivity index (χ2v) is 7.43. The van der Waals surface area contributed by atoms with Gasteiger partial charge in [-0.05, 0) is 31.2 Å². The van der Waals surface area contributed by atoms with Crippen LogP contribution in [0.15, 0.2) is 47.4 Å². The highest BCUT2D eigenvalue weighted by Gasteiger charge is 2.33. The Morgan fingerprint density at radius 1 is 1.22 bits per heavy atom. The van der Waals surface area contributed by atoms with Gasteiger partial charge in [-0.25, -0.2) is 0 Å². The maximum absolute atomic E-state index is 12.8. The molecule has 0 spiro atoms. The zero-order valence-electron chi connectivity index (χ0n) is 17.1. The Morgan fingerprint density at radius 3 is 2.53 bits per heavy atom. The van der Waals surface area contributed by atoms with Crippen LogP contribution in [-0.4, -0.2) is 47.6 Å². The Labute approximate surface area is 185 Å². The lowest BCUT2D eigenvalue weighted by atomic mass is 10.2. The largest absolute Gasteiger partial charge is 0.497 e. The molecule has 0 fully saturated rings. The summed E-state index contributed by atoms with van der Waals surface area (Å²) in [7, 11) is 1.48. The molecule has 2 rings (SSSR count). The van der Waals surface area contributed by atoms with Crippen molar-refractivity contribution in [2.24, 2.45) is 0 Å². The van der Waals surface area contributed by atoms with Gasteiger partial charge in [-0.15, -0.1) is 11.8 Å². The number of nitro benzene ring substituents is 1. The van der Waals surface area contributed by atoms with Gasteiger partial charge in [0, 0.05) is 24.4 Å². The van der Waals surface area contributed by atoms with E-state index < -0.39 is 34.2 Å². The molecule has 12 heteroatoms. The van der Waals surface area contributed by atoms with Gasteiger partial charge in [-0.2, -0.15) is 13.2 Å². The number of carbonyl (C=O) groups is 2. The van der Waals surface area contributed by atoms with E-state index in [0.29, 0.717) is 17.5 Å². The number of benzene rings is 2. The highest BCUT2D eigenvalue weighted by atomic mass is 32.2. The highest BCUT2D eigenvalue weighted by molar-refractivity contribution is 8.00. The highest BCUT2D eigenvalue weighted by Crippen LogP contribution is 2.36. The molecule has 2 amide bonds. The second-order valence-electron chi connectivity index (χ2n) is 6.41. The lowest BCUT2D eigenvalue weighted by molar-refractivity contribution is -0.388. The van der Waals surface area contributed by atoms with Gasteiger partial charge >= 0.3 is 6.18 Å². The monoisotopic (exact) mass is 471 g/mol. The molecule has 0 aliphatic carbocycles. The van der Waals surface area contributed by atoms with E-state index in [1.807, 2.05) is 0 Å². The zero-order chi connectivity index (χ0) is 23.9. The van der Waals surface area contributed by atoms with Gasteiger partial charge in [0.05, 0.1) is 34.8 Å². The average molecular weight is 471 g/mol. The van der Waals surface area contributed by atoms with E-state index in [1.54, 1.807) is 31.2 Å². The molecule has 0 saturated carbocycles. The molecule has 1 N–H and O–H groups in total. The normalized spacial score (nSPS) is 11.0. The van der Waals surface area contributed by atoms with Gasteiger partial charge in [-0.1, -0.05) is 6.07 Å². The third-order valence-corrected chi connectivity index (χ3v) is 5.30. The van der Waals surface area contributed by atoms with Crippen LogP contribution in [0.1, 0.15) is 12.5 Å². The van der Waals surface area contributed by atoms with E-state index in [9.17, 15) is 32.9 Å². The van der Waals surface area contributed by atoms with Crippen LogP contribution in [0.4, 0.5) is 24.5 Å². The van der Waals surface area contributed by atoms with Crippen LogP contribution < -0.4 is 10.1 Å². The van der Waals surface area contributed by atoms with Gasteiger partial charge in [0.25, 0.3) is 5.69 Å². The lowest BCUT2D eigenvalue weighted by Gasteiger charge is -2.20. The summed E-state index contributed by atoms with van der Waals surface area (Å²) in [5.41, 5.74) is -1.41. The summed E-state index contributed by atoms with van der Waals surface area (Å²) in [6.07, 6.45) is -4.72. The van der Waals surface area contributed by atoms with E-state index in [0.717, 1.165) is 23.9 Å². The fourth-order valence-corrected chi connectivity index (χ4v) is 3.55. The number of nitrogens with zero attached hydrogens (tertiary/aromatic N) is 2. The zero-order valence-corrected chi connectivity index (χ0v) is 18.0. The molecule has 0 heterocycles. The Hall–Kier alpha value is -3.28. The number of amides is 2. The summed E-state index contributed by atoms with van der Waals surface area (Å²) in [6.45, 7) is 1.59. The van der Waals surface area contributed by atoms with Crippen LogP contribution in [0.3, 0.4) is 0 Å². The summed E-state index contributed by atoms with van der Waals surface area (Å²) < 4.78 is 43.5. The third-order valence-electron chi connectivity index (χ3n) is 4.26. The van der Waals surface area contributed by atoms with Crippen molar-refractivity contribution in [3.05, 3.63) is 58.1 Å². The molecule has 0 aromatic heterocycles. The topological polar surface area (TPSA) is 102 Å². The number of halogens is 3. The number of carbonyl (C=O) groups excluding carboxylic acids is 2. The van der Waals surface area contributed by atoms with Gasteiger partial charge in [-0.3, -0.25) is 19.7 Å². The minimum Gasteiger partial charge on any atom is -0.497 e. The molecule has 172 valence electrons. The summed E-state index contributed by atoms with van der Waals surface area (Å²) >= 11 is 0.734. The van der Waals surface area contributed by atoms with Gasteiger partial charge < -0.3 is 15.0 Å². The van der Waals surface area contributed by atoms with Crippen molar-refractivity contribution in [1.82, 2.24) is 4.90 Å². The van der Waals surface area contributed by atoms with E-state index >= 15 is 0 Å². The second kappa shape index (κ2) is 10.8. The number of nitro groups is 1. The first-order valence-electron chi connectivity index (χ1n) is 9.25. The number of ether oxygens (including phenoxy) is 1. The molecular weight excluding hydrogens is 451 g/mol. The number of nitrogens with one attached hydrogen (secondary N) is 1. The molecule has 2 aromatic rings. The fourth-order valence-electron chi connectivity index (χ4n) is 2.64. The SMILES string of the molecule is CCN(CC(=O)Nc1cccc(OC)c1)C(=O)CSc1ccc(C(F)(F)F)cc1[N+](=O)[O-]. The molecular formula is C20H20F3N3O5S. The Balaban J connectivity index is 2.02. The van der Waals surface area contributed by atoms with Crippen molar-refractivity contribution >= 4 is 35.0 Å². The van der Waals surface area contributed by atoms with Crippen LogP contribution in [0.5, 0.6) is 5.75 Å². The standard InChI is InChI=1S/C20H20F3N3O5S/c1-3-25(11-18(27)24-14-5-4-6-15(10-14)31-2)19(28)12-32-17-8-7-13(20(21,22)23)9-16(17)26(29)30/h4-10H,3,11-12H2,1-2H3,(H,24,27). The number of rotatable bonds is 9. The molecule has 0 atom stereocenters. The predicted octanol–water partition coefficient (Wildman–Crippen LogP) is 4.20. The lowest BCUT2D eigenvalue weighted by Crippen LogP contribution is -2.38. The van der Waals surface area contributed by atoms with Crippen LogP contribution in [-0.2, 0) is 15.8 Å². The molecule has 0 aliphatic rings. The average Bonchev–Trinajstić information content (AvgIpc) is 2.75. The number of alkyl halides is 3. The molecule has 0 aliphatic heterocycles. The molecule has 0 radical (unpaired) electrons. The van der Waals surface area contributed by atoms with Crippen molar-refractivity contribution in [2.75, 3.05) is 31.3 Å². The molecule has 0 bridgehead atoms. The van der Waals surface area contributed by atoms with Crippen molar-refractivity contribution in [3.8, 4) is 5.75 Å². The quantitative estimate of drug-likeness (QED) is 0.334. The molecule has 32 heavy (non-hydrogen) atoms. The number of hydrogen-bond donors (Lipinski definition) is 1. The maximum atomic E-state index is 12.8. The third kappa shape index (κ3) is 6.87. The smallest absolute Gasteiger partial charge is 0.416 e. The van der Waals surface area contributed by atoms with E-state index in [-0.39, 0.29) is 23.7 Å². The minimum absolute atomic E-state index is 0.0757. The summed E-state index contributed by atoms with van der Waals surface area (Å²) in [5.74, 6) is -0.695. The van der Waals surface area contributed by atoms with E-state index in [4.69, 9.17) is 4.74 Å². The van der Waals surface area contributed by atoms with Crippen LogP contribution in [0.25, 0.3) is 0 Å². The predicted molar refractivity (Wildman–Crippen MR) is 113 cm³/mol. The van der Waals surface area contributed by atoms with Crippen LogP contribution >= 0.6 is 11.8 Å². The summed E-state index contributed by atoms with van der Waals surface area (Å²) in [6, 6.07) is 8.77.